The van der Waals surface area contributed by atoms with E-state index in [1.54, 1.807) is 0 Å². The predicted molar refractivity (Wildman–Crippen MR) is 26.1 cm³/mol. The first kappa shape index (κ1) is 41.3. The van der Waals surface area contributed by atoms with Crippen LogP contribution in [0.25, 0.3) is 0 Å². The van der Waals surface area contributed by atoms with Gasteiger partial charge in [0, 0.05) is 0 Å². The second-order valence-corrected chi connectivity index (χ2v) is 0. The molecule has 0 unspecified atom stereocenters. The van der Waals surface area contributed by atoms with Crippen LogP contribution in [-0.4, -0.2) is 43.2 Å². The van der Waals surface area contributed by atoms with E-state index < -0.39 is 0 Å². The molecule has 0 aliphatic rings. The van der Waals surface area contributed by atoms with E-state index in [9.17, 15) is 0 Å². The van der Waals surface area contributed by atoms with Crippen molar-refractivity contribution < 1.29 is 8.33 Å². The van der Waals surface area contributed by atoms with Crippen LogP contribution in [0.5, 0.6) is 0 Å². The monoisotopic (exact) mass is 132 g/mol. The zero-order chi connectivity index (χ0) is 0. The van der Waals surface area contributed by atoms with Gasteiger partial charge in [-0.05, 0) is 0 Å². The summed E-state index contributed by atoms with van der Waals surface area (Å²) in [7, 11) is 0. The zero-order valence-corrected chi connectivity index (χ0v) is 5.86. The molecule has 0 bridgehead atoms. The van der Waals surface area contributed by atoms with Crippen LogP contribution < -0.4 is 0 Å². The fraction of sp³-hybridized carbons (Fsp3) is 0. The number of hydrogen-bond donors (Lipinski definition) is 0. The van der Waals surface area contributed by atoms with Crippen molar-refractivity contribution in [2.24, 2.45) is 0 Å². The van der Waals surface area contributed by atoms with E-state index in [-0.39, 0.29) is 70.9 Å². The topological polar surface area (TPSA) is 31.5 Å². The molecule has 4 heavy (non-hydrogen) atoms. The van der Waals surface area contributed by atoms with Crippen LogP contribution in [0.4, 0.5) is 0 Å². The average Bonchev–Trinajstić information content (AvgIpc) is 0. The molecule has 0 radical (unpaired) electrons. The van der Waals surface area contributed by atoms with E-state index in [4.69, 9.17) is 0 Å². The van der Waals surface area contributed by atoms with E-state index in [0.29, 0.717) is 0 Å². The molecule has 28 valence electrons. The molecular formula is H6CaCl2O. The maximum absolute atomic E-state index is 0. The van der Waals surface area contributed by atoms with Gasteiger partial charge in [0.2, 0.25) is 0 Å². The predicted octanol–water partition coefficient (Wildman–Crippen LogP) is -0.137. The summed E-state index contributed by atoms with van der Waals surface area (Å²) in [5.41, 5.74) is 0. The van der Waals surface area contributed by atoms with Crippen molar-refractivity contribution in [3.63, 3.8) is 0 Å². The van der Waals surface area contributed by atoms with Crippen molar-refractivity contribution in [2.75, 3.05) is 0 Å². The van der Waals surface area contributed by atoms with Gasteiger partial charge in [-0.15, -0.1) is 24.8 Å². The minimum Gasteiger partial charge on any atom is -1.00 e. The molecule has 4 heteroatoms. The Kier molecular flexibility index (Phi) is 221. The second-order valence-electron chi connectivity index (χ2n) is 0. The SMILES string of the molecule is Cl.Cl.O.[Ca+2].[H-].[H-]. The Bertz CT molecular complexity index is 11.5. The molecule has 0 fully saturated rings. The number of hydrogen-bond acceptors (Lipinski definition) is 0. The first-order valence-corrected chi connectivity index (χ1v) is 0. The van der Waals surface area contributed by atoms with Crippen molar-refractivity contribution in [3.05, 3.63) is 0 Å². The minimum atomic E-state index is 0. The molecule has 0 aromatic carbocycles. The fourth-order valence-corrected chi connectivity index (χ4v) is 0. The maximum atomic E-state index is 0. The largest absolute Gasteiger partial charge is 2.00 e. The van der Waals surface area contributed by atoms with Gasteiger partial charge in [-0.25, -0.2) is 0 Å². The molecule has 0 aliphatic carbocycles. The fourth-order valence-electron chi connectivity index (χ4n) is 0. The van der Waals surface area contributed by atoms with Gasteiger partial charge in [0.1, 0.15) is 0 Å². The third kappa shape index (κ3) is 9.20. The Morgan fingerprint density at radius 3 is 1.00 bits per heavy atom. The molecule has 0 aromatic rings. The van der Waals surface area contributed by atoms with Crippen LogP contribution in [0, 0.1) is 0 Å². The van der Waals surface area contributed by atoms with E-state index in [1.165, 1.54) is 0 Å². The molecule has 0 saturated carbocycles. The third-order valence-electron chi connectivity index (χ3n) is 0. The van der Waals surface area contributed by atoms with Gasteiger partial charge in [0.05, 0.1) is 0 Å². The van der Waals surface area contributed by atoms with Crippen molar-refractivity contribution in [3.8, 4) is 0 Å². The molecule has 0 aliphatic heterocycles. The van der Waals surface area contributed by atoms with E-state index in [1.807, 2.05) is 0 Å². The van der Waals surface area contributed by atoms with Crippen LogP contribution in [0.3, 0.4) is 0 Å². The first-order chi connectivity index (χ1) is 0. The maximum Gasteiger partial charge on any atom is 2.00 e. The summed E-state index contributed by atoms with van der Waals surface area (Å²) >= 11 is 0. The third-order valence-corrected chi connectivity index (χ3v) is 0. The quantitative estimate of drug-likeness (QED) is 0.412. The van der Waals surface area contributed by atoms with Gasteiger partial charge in [-0.1, -0.05) is 0 Å². The van der Waals surface area contributed by atoms with Crippen LogP contribution in [0.15, 0.2) is 0 Å². The number of halogens is 2. The summed E-state index contributed by atoms with van der Waals surface area (Å²) in [6.07, 6.45) is 0. The molecule has 0 saturated heterocycles. The van der Waals surface area contributed by atoms with Crippen LogP contribution in [-0.2, 0) is 0 Å². The van der Waals surface area contributed by atoms with Gasteiger partial charge in [-0.3, -0.25) is 0 Å². The molecule has 0 rings (SSSR count). The van der Waals surface area contributed by atoms with Crippen LogP contribution >= 0.6 is 24.8 Å². The van der Waals surface area contributed by atoms with Crippen LogP contribution in [0.2, 0.25) is 0 Å². The molecular weight excluding hydrogens is 127 g/mol. The smallest absolute Gasteiger partial charge is 1.00 e. The van der Waals surface area contributed by atoms with Crippen LogP contribution in [0.1, 0.15) is 2.85 Å². The zero-order valence-electron chi connectivity index (χ0n) is 4.02. The average molecular weight is 133 g/mol. The summed E-state index contributed by atoms with van der Waals surface area (Å²) in [6.45, 7) is 0. The van der Waals surface area contributed by atoms with Crippen molar-refractivity contribution >= 4 is 62.6 Å². The minimum absolute atomic E-state index is 0. The normalized spacial score (nSPS) is 0. The van der Waals surface area contributed by atoms with Crippen molar-refractivity contribution in [1.29, 1.82) is 0 Å². The summed E-state index contributed by atoms with van der Waals surface area (Å²) in [5.74, 6) is 0. The Labute approximate surface area is 70.2 Å². The Morgan fingerprint density at radius 2 is 1.00 bits per heavy atom. The van der Waals surface area contributed by atoms with E-state index in [0.717, 1.165) is 0 Å². The standard InChI is InChI=1S/Ca.2ClH.H2O.2H/h;2*1H;1H2;;/q+2;;;;2*-1. The summed E-state index contributed by atoms with van der Waals surface area (Å²) in [4.78, 5) is 0. The van der Waals surface area contributed by atoms with Gasteiger partial charge in [-0.2, -0.15) is 0 Å². The molecule has 2 N–H and O–H groups in total. The Hall–Kier alpha value is 1.80. The molecule has 0 atom stereocenters. The van der Waals surface area contributed by atoms with Crippen molar-refractivity contribution in [2.45, 2.75) is 0 Å². The van der Waals surface area contributed by atoms with Gasteiger partial charge >= 0.3 is 37.7 Å². The number of rotatable bonds is 0. The second kappa shape index (κ2) is 21.4. The molecule has 0 aromatic heterocycles. The van der Waals surface area contributed by atoms with E-state index in [2.05, 4.69) is 0 Å². The van der Waals surface area contributed by atoms with E-state index >= 15 is 0 Å². The molecule has 0 amide bonds. The Balaban J connectivity index is 0. The van der Waals surface area contributed by atoms with Gasteiger partial charge < -0.3 is 8.33 Å². The first-order valence-electron chi connectivity index (χ1n) is 0. The summed E-state index contributed by atoms with van der Waals surface area (Å²) in [5, 5.41) is 0. The Morgan fingerprint density at radius 1 is 1.00 bits per heavy atom. The molecule has 0 spiro atoms. The molecule has 0 heterocycles. The van der Waals surface area contributed by atoms with Gasteiger partial charge in [0.15, 0.2) is 0 Å². The summed E-state index contributed by atoms with van der Waals surface area (Å²) in [6, 6.07) is 0. The molecule has 1 nitrogen and oxygen atoms in total. The van der Waals surface area contributed by atoms with Crippen molar-refractivity contribution in [1.82, 2.24) is 0 Å². The summed E-state index contributed by atoms with van der Waals surface area (Å²) < 4.78 is 0. The van der Waals surface area contributed by atoms with Gasteiger partial charge in [0.25, 0.3) is 0 Å².